The van der Waals surface area contributed by atoms with Crippen LogP contribution in [0.5, 0.6) is 0 Å². The van der Waals surface area contributed by atoms with Crippen LogP contribution in [0.3, 0.4) is 0 Å². The molecule has 0 aliphatic rings. The van der Waals surface area contributed by atoms with Crippen molar-refractivity contribution in [2.24, 2.45) is 0 Å². The molecule has 0 radical (unpaired) electrons. The van der Waals surface area contributed by atoms with Gasteiger partial charge in [-0.3, -0.25) is 13.9 Å². The van der Waals surface area contributed by atoms with Crippen LogP contribution < -0.4 is 9.62 Å². The summed E-state index contributed by atoms with van der Waals surface area (Å²) in [5.41, 5.74) is 4.28. The third kappa shape index (κ3) is 6.56. The number of hydrogen-bond donors (Lipinski definition) is 1. The van der Waals surface area contributed by atoms with E-state index in [-0.39, 0.29) is 12.5 Å². The largest absolute Gasteiger partial charge is 0.355 e. The number of hydrogen-bond acceptors (Lipinski definition) is 4. The smallest absolute Gasteiger partial charge is 0.244 e. The lowest BCUT2D eigenvalue weighted by Crippen LogP contribution is -2.51. The maximum absolute atomic E-state index is 13.4. The fraction of sp³-hybridized carbons (Fsp3) is 0.417. The van der Waals surface area contributed by atoms with E-state index >= 15 is 0 Å². The SMILES string of the molecule is CCNC(=O)[C@@H](C)N(Cc1cccc(C)c1)C(=O)CN(c1ccc(C)c(C)c1)S(C)(=O)=O. The molecule has 2 aromatic carbocycles. The monoisotopic (exact) mass is 459 g/mol. The second-order valence-corrected chi connectivity index (χ2v) is 10.0. The van der Waals surface area contributed by atoms with Gasteiger partial charge in [0.1, 0.15) is 12.6 Å². The van der Waals surface area contributed by atoms with Gasteiger partial charge in [-0.25, -0.2) is 8.42 Å². The highest BCUT2D eigenvalue weighted by atomic mass is 32.2. The van der Waals surface area contributed by atoms with Crippen LogP contribution in [0.2, 0.25) is 0 Å². The summed E-state index contributed by atoms with van der Waals surface area (Å²) in [4.78, 5) is 27.4. The van der Waals surface area contributed by atoms with E-state index in [1.807, 2.05) is 58.0 Å². The minimum absolute atomic E-state index is 0.198. The van der Waals surface area contributed by atoms with Gasteiger partial charge in [0.05, 0.1) is 11.9 Å². The van der Waals surface area contributed by atoms with Crippen molar-refractivity contribution in [3.63, 3.8) is 0 Å². The molecule has 0 aromatic heterocycles. The zero-order chi connectivity index (χ0) is 24.1. The number of aryl methyl sites for hydroxylation is 3. The highest BCUT2D eigenvalue weighted by Crippen LogP contribution is 2.22. The molecule has 0 heterocycles. The molecular weight excluding hydrogens is 426 g/mol. The van der Waals surface area contributed by atoms with E-state index in [1.54, 1.807) is 19.1 Å². The van der Waals surface area contributed by atoms with Gasteiger partial charge in [0.2, 0.25) is 21.8 Å². The van der Waals surface area contributed by atoms with Crippen molar-refractivity contribution >= 4 is 27.5 Å². The van der Waals surface area contributed by atoms with E-state index < -0.39 is 28.5 Å². The summed E-state index contributed by atoms with van der Waals surface area (Å²) in [7, 11) is -3.73. The Kier molecular flexibility index (Phi) is 8.44. The van der Waals surface area contributed by atoms with Crippen LogP contribution in [0.1, 0.15) is 36.1 Å². The van der Waals surface area contributed by atoms with Crippen LogP contribution in [-0.4, -0.2) is 50.5 Å². The predicted octanol–water partition coefficient (Wildman–Crippen LogP) is 2.93. The van der Waals surface area contributed by atoms with Crippen LogP contribution in [0.4, 0.5) is 5.69 Å². The van der Waals surface area contributed by atoms with Crippen molar-refractivity contribution in [2.75, 3.05) is 23.7 Å². The Morgan fingerprint density at radius 3 is 2.28 bits per heavy atom. The second kappa shape index (κ2) is 10.6. The molecule has 0 unspecified atom stereocenters. The first-order chi connectivity index (χ1) is 14.9. The summed E-state index contributed by atoms with van der Waals surface area (Å²) in [6.07, 6.45) is 1.08. The molecule has 1 N–H and O–H groups in total. The number of anilines is 1. The van der Waals surface area contributed by atoms with E-state index in [0.717, 1.165) is 32.8 Å². The maximum atomic E-state index is 13.4. The van der Waals surface area contributed by atoms with Crippen LogP contribution in [0.15, 0.2) is 42.5 Å². The summed E-state index contributed by atoms with van der Waals surface area (Å²) < 4.78 is 26.2. The molecule has 8 heteroatoms. The number of nitrogens with one attached hydrogen (secondary N) is 1. The van der Waals surface area contributed by atoms with Gasteiger partial charge >= 0.3 is 0 Å². The number of amides is 2. The van der Waals surface area contributed by atoms with Crippen molar-refractivity contribution in [3.05, 3.63) is 64.7 Å². The van der Waals surface area contributed by atoms with Crippen LogP contribution in [0.25, 0.3) is 0 Å². The number of nitrogens with zero attached hydrogens (tertiary/aromatic N) is 2. The molecular formula is C24H33N3O4S. The van der Waals surface area contributed by atoms with E-state index in [0.29, 0.717) is 12.2 Å². The minimum atomic E-state index is -3.73. The third-order valence-corrected chi connectivity index (χ3v) is 6.55. The minimum Gasteiger partial charge on any atom is -0.355 e. The van der Waals surface area contributed by atoms with Crippen molar-refractivity contribution in [1.29, 1.82) is 0 Å². The van der Waals surface area contributed by atoms with E-state index in [9.17, 15) is 18.0 Å². The highest BCUT2D eigenvalue weighted by Gasteiger charge is 2.30. The zero-order valence-electron chi connectivity index (χ0n) is 19.7. The van der Waals surface area contributed by atoms with Gasteiger partial charge in [-0.2, -0.15) is 0 Å². The number of carbonyl (C=O) groups is 2. The Balaban J connectivity index is 2.40. The fourth-order valence-electron chi connectivity index (χ4n) is 3.41. The Bertz CT molecular complexity index is 1080. The zero-order valence-corrected chi connectivity index (χ0v) is 20.5. The lowest BCUT2D eigenvalue weighted by atomic mass is 10.1. The summed E-state index contributed by atoms with van der Waals surface area (Å²) in [6, 6.07) is 12.2. The molecule has 1 atom stereocenters. The lowest BCUT2D eigenvalue weighted by Gasteiger charge is -2.31. The van der Waals surface area contributed by atoms with Crippen molar-refractivity contribution < 1.29 is 18.0 Å². The number of sulfonamides is 1. The fourth-order valence-corrected chi connectivity index (χ4v) is 4.25. The summed E-state index contributed by atoms with van der Waals surface area (Å²) >= 11 is 0. The average molecular weight is 460 g/mol. The van der Waals surface area contributed by atoms with Gasteiger partial charge < -0.3 is 10.2 Å². The normalized spacial score (nSPS) is 12.2. The summed E-state index contributed by atoms with van der Waals surface area (Å²) in [6.45, 7) is 9.49. The van der Waals surface area contributed by atoms with Crippen LogP contribution >= 0.6 is 0 Å². The lowest BCUT2D eigenvalue weighted by molar-refractivity contribution is -0.139. The van der Waals surface area contributed by atoms with Gasteiger partial charge in [-0.05, 0) is 63.4 Å². The summed E-state index contributed by atoms with van der Waals surface area (Å²) in [5, 5.41) is 2.74. The standard InChI is InChI=1S/C24H33N3O4S/c1-7-25-24(29)20(5)26(15-21-10-8-9-17(2)13-21)23(28)16-27(32(6,30)31)22-12-11-18(3)19(4)14-22/h8-14,20H,7,15-16H2,1-6H3,(H,25,29)/t20-/m1/s1. The maximum Gasteiger partial charge on any atom is 0.244 e. The number of benzene rings is 2. The topological polar surface area (TPSA) is 86.8 Å². The first-order valence-corrected chi connectivity index (χ1v) is 12.5. The molecule has 0 saturated heterocycles. The van der Waals surface area contributed by atoms with Crippen LogP contribution in [-0.2, 0) is 26.2 Å². The Labute approximate surface area is 191 Å². The molecule has 7 nitrogen and oxygen atoms in total. The van der Waals surface area contributed by atoms with Gasteiger partial charge in [0, 0.05) is 13.1 Å². The van der Waals surface area contributed by atoms with E-state index in [4.69, 9.17) is 0 Å². The summed E-state index contributed by atoms with van der Waals surface area (Å²) in [5.74, 6) is -0.737. The molecule has 2 rings (SSSR count). The Morgan fingerprint density at radius 1 is 1.03 bits per heavy atom. The number of carbonyl (C=O) groups excluding carboxylic acids is 2. The molecule has 0 bridgehead atoms. The van der Waals surface area contributed by atoms with Crippen molar-refractivity contribution in [1.82, 2.24) is 10.2 Å². The number of likely N-dealkylation sites (N-methyl/N-ethyl adjacent to an activating group) is 1. The van der Waals surface area contributed by atoms with Gasteiger partial charge in [0.25, 0.3) is 0 Å². The van der Waals surface area contributed by atoms with Gasteiger partial charge in [0.15, 0.2) is 0 Å². The van der Waals surface area contributed by atoms with Crippen LogP contribution in [0, 0.1) is 20.8 Å². The molecule has 174 valence electrons. The number of rotatable bonds is 9. The van der Waals surface area contributed by atoms with E-state index in [1.165, 1.54) is 4.90 Å². The van der Waals surface area contributed by atoms with Gasteiger partial charge in [-0.15, -0.1) is 0 Å². The Hall–Kier alpha value is -2.87. The first kappa shape index (κ1) is 25.4. The molecule has 2 amide bonds. The van der Waals surface area contributed by atoms with Gasteiger partial charge in [-0.1, -0.05) is 35.9 Å². The molecule has 0 aliphatic heterocycles. The molecule has 0 saturated carbocycles. The second-order valence-electron chi connectivity index (χ2n) is 8.12. The average Bonchev–Trinajstić information content (AvgIpc) is 2.71. The Morgan fingerprint density at radius 2 is 1.72 bits per heavy atom. The molecule has 2 aromatic rings. The van der Waals surface area contributed by atoms with Crippen molar-refractivity contribution in [2.45, 2.75) is 47.2 Å². The molecule has 0 spiro atoms. The molecule has 0 aliphatic carbocycles. The molecule has 32 heavy (non-hydrogen) atoms. The highest BCUT2D eigenvalue weighted by molar-refractivity contribution is 7.92. The van der Waals surface area contributed by atoms with E-state index in [2.05, 4.69) is 5.32 Å². The predicted molar refractivity (Wildman–Crippen MR) is 128 cm³/mol. The quantitative estimate of drug-likeness (QED) is 0.625. The van der Waals surface area contributed by atoms with Crippen molar-refractivity contribution in [3.8, 4) is 0 Å². The first-order valence-electron chi connectivity index (χ1n) is 10.6. The molecule has 0 fully saturated rings. The third-order valence-electron chi connectivity index (χ3n) is 5.41.